The molecule has 1 aromatic rings. The van der Waals surface area contributed by atoms with E-state index in [1.165, 1.54) is 18.4 Å². The second kappa shape index (κ2) is 3.27. The molecule has 3 nitrogen and oxygen atoms in total. The molecule has 0 radical (unpaired) electrons. The first-order chi connectivity index (χ1) is 5.86. The lowest BCUT2D eigenvalue weighted by Crippen LogP contribution is -2.35. The molecule has 2 rings (SSSR count). The van der Waals surface area contributed by atoms with Gasteiger partial charge in [0.05, 0.1) is 6.20 Å². The first-order valence-electron chi connectivity index (χ1n) is 4.58. The molecule has 66 valence electrons. The number of rotatable bonds is 1. The van der Waals surface area contributed by atoms with E-state index in [1.807, 2.05) is 12.4 Å². The van der Waals surface area contributed by atoms with E-state index in [2.05, 4.69) is 22.4 Å². The molecule has 0 unspecified atom stereocenters. The molecule has 12 heavy (non-hydrogen) atoms. The van der Waals surface area contributed by atoms with E-state index in [0.29, 0.717) is 12.0 Å². The number of aromatic nitrogens is 2. The van der Waals surface area contributed by atoms with Crippen LogP contribution in [-0.4, -0.2) is 22.8 Å². The van der Waals surface area contributed by atoms with Gasteiger partial charge in [0.25, 0.3) is 0 Å². The Balaban J connectivity index is 1.99. The third-order valence-corrected chi connectivity index (χ3v) is 2.65. The second-order valence-corrected chi connectivity index (χ2v) is 3.62. The van der Waals surface area contributed by atoms with Gasteiger partial charge in [0.2, 0.25) is 0 Å². The maximum Gasteiger partial charge on any atom is 0.0522 e. The number of H-pyrrole nitrogens is 1. The molecule has 1 aliphatic rings. The number of hydrogen-bond acceptors (Lipinski definition) is 2. The van der Waals surface area contributed by atoms with Gasteiger partial charge in [-0.25, -0.2) is 0 Å². The summed E-state index contributed by atoms with van der Waals surface area (Å²) in [5, 5.41) is 10.3. The number of piperidine rings is 1. The fourth-order valence-corrected chi connectivity index (χ4v) is 1.77. The molecule has 0 amide bonds. The third kappa shape index (κ3) is 1.50. The first-order valence-corrected chi connectivity index (χ1v) is 4.58. The van der Waals surface area contributed by atoms with Gasteiger partial charge in [0.1, 0.15) is 0 Å². The monoisotopic (exact) mass is 165 g/mol. The van der Waals surface area contributed by atoms with E-state index in [-0.39, 0.29) is 0 Å². The Morgan fingerprint density at radius 1 is 1.50 bits per heavy atom. The Hall–Kier alpha value is -0.830. The maximum atomic E-state index is 3.96. The molecule has 1 saturated heterocycles. The molecule has 0 bridgehead atoms. The summed E-state index contributed by atoms with van der Waals surface area (Å²) < 4.78 is 0. The van der Waals surface area contributed by atoms with Crippen molar-refractivity contribution < 1.29 is 0 Å². The highest BCUT2D eigenvalue weighted by Crippen LogP contribution is 2.23. The minimum absolute atomic E-state index is 0.667. The molecule has 3 heteroatoms. The van der Waals surface area contributed by atoms with E-state index in [1.54, 1.807) is 0 Å². The van der Waals surface area contributed by atoms with Crippen LogP contribution in [0.5, 0.6) is 0 Å². The highest BCUT2D eigenvalue weighted by atomic mass is 15.1. The van der Waals surface area contributed by atoms with Crippen molar-refractivity contribution >= 4 is 0 Å². The summed E-state index contributed by atoms with van der Waals surface area (Å²) in [7, 11) is 0. The van der Waals surface area contributed by atoms with E-state index < -0.39 is 0 Å². The summed E-state index contributed by atoms with van der Waals surface area (Å²) >= 11 is 0. The van der Waals surface area contributed by atoms with Crippen molar-refractivity contribution in [2.75, 3.05) is 6.54 Å². The van der Waals surface area contributed by atoms with Crippen molar-refractivity contribution in [3.63, 3.8) is 0 Å². The largest absolute Gasteiger partial charge is 0.314 e. The zero-order valence-electron chi connectivity index (χ0n) is 7.38. The van der Waals surface area contributed by atoms with Crippen LogP contribution in [0.3, 0.4) is 0 Å². The topological polar surface area (TPSA) is 40.7 Å². The van der Waals surface area contributed by atoms with Gasteiger partial charge in [-0.2, -0.15) is 5.10 Å². The van der Waals surface area contributed by atoms with Crippen LogP contribution in [-0.2, 0) is 0 Å². The molecule has 0 aliphatic carbocycles. The van der Waals surface area contributed by atoms with E-state index in [4.69, 9.17) is 0 Å². The summed E-state index contributed by atoms with van der Waals surface area (Å²) in [6.07, 6.45) is 6.49. The molecule has 1 aromatic heterocycles. The average Bonchev–Trinajstić information content (AvgIpc) is 2.58. The Labute approximate surface area is 72.6 Å². The first kappa shape index (κ1) is 7.80. The highest BCUT2D eigenvalue weighted by Gasteiger charge is 2.19. The summed E-state index contributed by atoms with van der Waals surface area (Å²) in [6, 6.07) is 0.688. The normalized spacial score (nSPS) is 30.4. The molecule has 0 spiro atoms. The summed E-state index contributed by atoms with van der Waals surface area (Å²) in [5.41, 5.74) is 1.34. The second-order valence-electron chi connectivity index (χ2n) is 3.62. The van der Waals surface area contributed by atoms with Gasteiger partial charge >= 0.3 is 0 Å². The molecule has 2 N–H and O–H groups in total. The fourth-order valence-electron chi connectivity index (χ4n) is 1.77. The SMILES string of the molecule is C[C@H]1CC[C@@H](c2cn[nH]c2)CN1. The molecule has 1 aliphatic heterocycles. The Kier molecular flexibility index (Phi) is 2.13. The van der Waals surface area contributed by atoms with Crippen molar-refractivity contribution in [1.29, 1.82) is 0 Å². The molecular formula is C9H15N3. The van der Waals surface area contributed by atoms with Crippen LogP contribution in [0.25, 0.3) is 0 Å². The standard InChI is InChI=1S/C9H15N3/c1-7-2-3-8(4-10-7)9-5-11-12-6-9/h5-8,10H,2-4H2,1H3,(H,11,12)/t7-,8+/m0/s1. The van der Waals surface area contributed by atoms with Crippen LogP contribution in [0.2, 0.25) is 0 Å². The average molecular weight is 165 g/mol. The van der Waals surface area contributed by atoms with Crippen LogP contribution >= 0.6 is 0 Å². The Bertz CT molecular complexity index is 222. The summed E-state index contributed by atoms with van der Waals surface area (Å²) in [5.74, 6) is 0.667. The lowest BCUT2D eigenvalue weighted by atomic mass is 9.91. The van der Waals surface area contributed by atoms with Gasteiger partial charge < -0.3 is 5.32 Å². The molecule has 0 aromatic carbocycles. The van der Waals surface area contributed by atoms with Crippen LogP contribution in [0, 0.1) is 0 Å². The number of aromatic amines is 1. The van der Waals surface area contributed by atoms with Crippen molar-refractivity contribution in [2.24, 2.45) is 0 Å². The summed E-state index contributed by atoms with van der Waals surface area (Å²) in [4.78, 5) is 0. The number of hydrogen-bond donors (Lipinski definition) is 2. The molecular weight excluding hydrogens is 150 g/mol. The van der Waals surface area contributed by atoms with E-state index in [0.717, 1.165) is 6.54 Å². The minimum atomic E-state index is 0.667. The van der Waals surface area contributed by atoms with Gasteiger partial charge in [-0.3, -0.25) is 5.10 Å². The van der Waals surface area contributed by atoms with Crippen LogP contribution in [0.1, 0.15) is 31.2 Å². The van der Waals surface area contributed by atoms with Gasteiger partial charge in [0.15, 0.2) is 0 Å². The van der Waals surface area contributed by atoms with Gasteiger partial charge in [-0.1, -0.05) is 0 Å². The smallest absolute Gasteiger partial charge is 0.0522 e. The van der Waals surface area contributed by atoms with Crippen LogP contribution in [0.4, 0.5) is 0 Å². The van der Waals surface area contributed by atoms with Crippen molar-refractivity contribution in [3.05, 3.63) is 18.0 Å². The number of nitrogens with zero attached hydrogens (tertiary/aromatic N) is 1. The zero-order chi connectivity index (χ0) is 8.39. The molecule has 1 fully saturated rings. The fraction of sp³-hybridized carbons (Fsp3) is 0.667. The van der Waals surface area contributed by atoms with Gasteiger partial charge in [0, 0.05) is 18.8 Å². The van der Waals surface area contributed by atoms with Gasteiger partial charge in [-0.15, -0.1) is 0 Å². The van der Waals surface area contributed by atoms with Crippen molar-refractivity contribution in [3.8, 4) is 0 Å². The quantitative estimate of drug-likeness (QED) is 0.658. The molecule has 2 atom stereocenters. The maximum absolute atomic E-state index is 3.96. The number of nitrogens with one attached hydrogen (secondary N) is 2. The Morgan fingerprint density at radius 2 is 2.42 bits per heavy atom. The van der Waals surface area contributed by atoms with E-state index in [9.17, 15) is 0 Å². The lowest BCUT2D eigenvalue weighted by molar-refractivity contribution is 0.385. The third-order valence-electron chi connectivity index (χ3n) is 2.65. The summed E-state index contributed by atoms with van der Waals surface area (Å²) in [6.45, 7) is 3.34. The highest BCUT2D eigenvalue weighted by molar-refractivity contribution is 5.11. The lowest BCUT2D eigenvalue weighted by Gasteiger charge is -2.26. The molecule has 0 saturated carbocycles. The van der Waals surface area contributed by atoms with Gasteiger partial charge in [-0.05, 0) is 31.2 Å². The van der Waals surface area contributed by atoms with Crippen LogP contribution in [0.15, 0.2) is 12.4 Å². The predicted molar refractivity (Wildman–Crippen MR) is 48.0 cm³/mol. The van der Waals surface area contributed by atoms with E-state index >= 15 is 0 Å². The Morgan fingerprint density at radius 3 is 3.00 bits per heavy atom. The van der Waals surface area contributed by atoms with Crippen LogP contribution < -0.4 is 5.32 Å². The zero-order valence-corrected chi connectivity index (χ0v) is 7.38. The van der Waals surface area contributed by atoms with Crippen molar-refractivity contribution in [2.45, 2.75) is 31.7 Å². The molecule has 2 heterocycles. The minimum Gasteiger partial charge on any atom is -0.314 e. The predicted octanol–water partition coefficient (Wildman–Crippen LogP) is 1.27. The van der Waals surface area contributed by atoms with Crippen molar-refractivity contribution in [1.82, 2.24) is 15.5 Å².